The zero-order chi connectivity index (χ0) is 23.6. The first kappa shape index (κ1) is 22.9. The molecule has 1 fully saturated rings. The molecule has 0 radical (unpaired) electrons. The van der Waals surface area contributed by atoms with Crippen LogP contribution >= 0.6 is 0 Å². The van der Waals surface area contributed by atoms with E-state index < -0.39 is 24.4 Å². The van der Waals surface area contributed by atoms with Gasteiger partial charge in [0.05, 0.1) is 12.1 Å². The Hall–Kier alpha value is -3.30. The third-order valence-electron chi connectivity index (χ3n) is 5.80. The van der Waals surface area contributed by atoms with E-state index in [0.717, 1.165) is 17.3 Å². The number of nitrogens with zero attached hydrogens (tertiary/aromatic N) is 2. The molecule has 6 nitrogen and oxygen atoms in total. The minimum absolute atomic E-state index is 0.0958. The Balaban J connectivity index is 1.40. The van der Waals surface area contributed by atoms with Gasteiger partial charge in [-0.3, -0.25) is 9.69 Å². The number of carbonyl (C=O) groups excluding carboxylic acids is 2. The SMILES string of the molecule is O=C(Cc1ccccc1OC(F)(F)C(F)F)N1CCC(N2C(=O)OCc3ccccc32)CC1. The van der Waals surface area contributed by atoms with Gasteiger partial charge >= 0.3 is 18.6 Å². The van der Waals surface area contributed by atoms with Crippen LogP contribution in [0.5, 0.6) is 5.75 Å². The highest BCUT2D eigenvalue weighted by Gasteiger charge is 2.44. The topological polar surface area (TPSA) is 59.1 Å². The van der Waals surface area contributed by atoms with Gasteiger partial charge in [0.2, 0.25) is 5.91 Å². The number of hydrogen-bond donors (Lipinski definition) is 0. The van der Waals surface area contributed by atoms with E-state index in [2.05, 4.69) is 4.74 Å². The first-order valence-corrected chi connectivity index (χ1v) is 10.5. The van der Waals surface area contributed by atoms with Crippen molar-refractivity contribution in [2.75, 3.05) is 18.0 Å². The molecule has 0 bridgehead atoms. The van der Waals surface area contributed by atoms with Crippen LogP contribution in [0.1, 0.15) is 24.0 Å². The number of benzene rings is 2. The molecule has 2 aliphatic heterocycles. The molecule has 176 valence electrons. The minimum Gasteiger partial charge on any atom is -0.444 e. The highest BCUT2D eigenvalue weighted by molar-refractivity contribution is 5.91. The van der Waals surface area contributed by atoms with Crippen molar-refractivity contribution in [2.45, 2.75) is 44.4 Å². The van der Waals surface area contributed by atoms with Crippen molar-refractivity contribution >= 4 is 17.7 Å². The van der Waals surface area contributed by atoms with E-state index in [4.69, 9.17) is 4.74 Å². The summed E-state index contributed by atoms with van der Waals surface area (Å²) >= 11 is 0. The lowest BCUT2D eigenvalue weighted by Crippen LogP contribution is -2.50. The quantitative estimate of drug-likeness (QED) is 0.584. The number of alkyl halides is 4. The zero-order valence-corrected chi connectivity index (χ0v) is 17.6. The number of ether oxygens (including phenoxy) is 2. The Morgan fingerprint density at radius 2 is 1.76 bits per heavy atom. The van der Waals surface area contributed by atoms with Crippen LogP contribution in [-0.2, 0) is 22.6 Å². The second-order valence-electron chi connectivity index (χ2n) is 7.91. The summed E-state index contributed by atoms with van der Waals surface area (Å²) in [5.74, 6) is -0.801. The monoisotopic (exact) mass is 466 g/mol. The Kier molecular flexibility index (Phi) is 6.44. The summed E-state index contributed by atoms with van der Waals surface area (Å²) in [5.41, 5.74) is 1.80. The smallest absolute Gasteiger partial charge is 0.444 e. The average molecular weight is 466 g/mol. The van der Waals surface area contributed by atoms with Gasteiger partial charge in [-0.1, -0.05) is 36.4 Å². The summed E-state index contributed by atoms with van der Waals surface area (Å²) in [6, 6.07) is 12.7. The first-order chi connectivity index (χ1) is 15.8. The summed E-state index contributed by atoms with van der Waals surface area (Å²) < 4.78 is 61.2. The number of hydrogen-bond acceptors (Lipinski definition) is 4. The van der Waals surface area contributed by atoms with Gasteiger partial charge in [-0.05, 0) is 25.0 Å². The number of fused-ring (bicyclic) bond motifs is 1. The summed E-state index contributed by atoms with van der Waals surface area (Å²) in [5, 5.41) is 0. The molecule has 4 rings (SSSR count). The van der Waals surface area contributed by atoms with Crippen LogP contribution < -0.4 is 9.64 Å². The van der Waals surface area contributed by atoms with Gasteiger partial charge in [-0.2, -0.15) is 17.6 Å². The Labute approximate surface area is 187 Å². The van der Waals surface area contributed by atoms with Gasteiger partial charge in [-0.15, -0.1) is 0 Å². The van der Waals surface area contributed by atoms with Gasteiger partial charge in [0, 0.05) is 30.3 Å². The van der Waals surface area contributed by atoms with Gasteiger partial charge < -0.3 is 14.4 Å². The second kappa shape index (κ2) is 9.29. The third-order valence-corrected chi connectivity index (χ3v) is 5.80. The lowest BCUT2D eigenvalue weighted by Gasteiger charge is -2.40. The highest BCUT2D eigenvalue weighted by atomic mass is 19.3. The van der Waals surface area contributed by atoms with Crippen molar-refractivity contribution in [2.24, 2.45) is 0 Å². The van der Waals surface area contributed by atoms with Crippen LogP contribution in [0.25, 0.3) is 0 Å². The van der Waals surface area contributed by atoms with E-state index in [1.165, 1.54) is 18.2 Å². The lowest BCUT2D eigenvalue weighted by atomic mass is 10.00. The Bertz CT molecular complexity index is 1030. The van der Waals surface area contributed by atoms with Crippen molar-refractivity contribution in [3.63, 3.8) is 0 Å². The van der Waals surface area contributed by atoms with Crippen LogP contribution in [0.4, 0.5) is 28.0 Å². The number of carbonyl (C=O) groups is 2. The summed E-state index contributed by atoms with van der Waals surface area (Å²) in [4.78, 5) is 28.4. The largest absolute Gasteiger partial charge is 0.461 e. The second-order valence-corrected chi connectivity index (χ2v) is 7.91. The molecule has 0 N–H and O–H groups in total. The van der Waals surface area contributed by atoms with E-state index >= 15 is 0 Å². The molecule has 0 aliphatic carbocycles. The number of amides is 2. The lowest BCUT2D eigenvalue weighted by molar-refractivity contribution is -0.253. The number of anilines is 1. The van der Waals surface area contributed by atoms with Gasteiger partial charge in [0.25, 0.3) is 0 Å². The highest BCUT2D eigenvalue weighted by Crippen LogP contribution is 2.33. The maximum atomic E-state index is 13.4. The number of rotatable bonds is 6. The number of likely N-dealkylation sites (tertiary alicyclic amines) is 1. The standard InChI is InChI=1S/C23H22F4N2O4/c24-21(25)23(26,27)33-19-8-4-2-5-15(19)13-20(30)28-11-9-17(10-12-28)29-18-7-3-1-6-16(18)14-32-22(29)31/h1-8,17,21H,9-14H2. The summed E-state index contributed by atoms with van der Waals surface area (Å²) in [6.45, 7) is 0.923. The molecule has 2 aromatic carbocycles. The number of para-hydroxylation sites is 2. The van der Waals surface area contributed by atoms with Crippen LogP contribution in [-0.4, -0.2) is 48.6 Å². The third kappa shape index (κ3) is 4.89. The molecular weight excluding hydrogens is 444 g/mol. The van der Waals surface area contributed by atoms with Gasteiger partial charge in [0.15, 0.2) is 0 Å². The van der Waals surface area contributed by atoms with E-state index in [1.54, 1.807) is 9.80 Å². The predicted octanol–water partition coefficient (Wildman–Crippen LogP) is 4.61. The summed E-state index contributed by atoms with van der Waals surface area (Å²) in [7, 11) is 0. The van der Waals surface area contributed by atoms with Crippen molar-refractivity contribution < 1.29 is 36.6 Å². The van der Waals surface area contributed by atoms with Crippen LogP contribution in [0.15, 0.2) is 48.5 Å². The van der Waals surface area contributed by atoms with Gasteiger partial charge in [0.1, 0.15) is 12.4 Å². The molecule has 0 spiro atoms. The maximum absolute atomic E-state index is 13.4. The number of piperidine rings is 1. The molecule has 1 saturated heterocycles. The molecular formula is C23H22F4N2O4. The predicted molar refractivity (Wildman–Crippen MR) is 110 cm³/mol. The Morgan fingerprint density at radius 3 is 2.48 bits per heavy atom. The molecule has 0 saturated carbocycles. The number of cyclic esters (lactones) is 1. The van der Waals surface area contributed by atoms with Crippen molar-refractivity contribution in [3.8, 4) is 5.75 Å². The number of halogens is 4. The maximum Gasteiger partial charge on any atom is 0.461 e. The average Bonchev–Trinajstić information content (AvgIpc) is 2.80. The van der Waals surface area contributed by atoms with E-state index in [0.29, 0.717) is 25.9 Å². The minimum atomic E-state index is -4.66. The fourth-order valence-corrected chi connectivity index (χ4v) is 4.11. The first-order valence-electron chi connectivity index (χ1n) is 10.5. The van der Waals surface area contributed by atoms with Crippen molar-refractivity contribution in [1.29, 1.82) is 0 Å². The molecule has 33 heavy (non-hydrogen) atoms. The molecule has 2 aliphatic rings. The van der Waals surface area contributed by atoms with Crippen molar-refractivity contribution in [3.05, 3.63) is 59.7 Å². The summed E-state index contributed by atoms with van der Waals surface area (Å²) in [6.07, 6.45) is -8.32. The molecule has 0 atom stereocenters. The Morgan fingerprint density at radius 1 is 1.09 bits per heavy atom. The zero-order valence-electron chi connectivity index (χ0n) is 17.6. The van der Waals surface area contributed by atoms with E-state index in [1.807, 2.05) is 24.3 Å². The fourth-order valence-electron chi connectivity index (χ4n) is 4.11. The van der Waals surface area contributed by atoms with Crippen LogP contribution in [0.2, 0.25) is 0 Å². The molecule has 10 heteroatoms. The molecule has 0 aromatic heterocycles. The molecule has 2 heterocycles. The van der Waals surface area contributed by atoms with Crippen molar-refractivity contribution in [1.82, 2.24) is 4.90 Å². The molecule has 2 amide bonds. The van der Waals surface area contributed by atoms with E-state index in [-0.39, 0.29) is 30.5 Å². The fraction of sp³-hybridized carbons (Fsp3) is 0.391. The molecule has 2 aromatic rings. The normalized spacial score (nSPS) is 17.1. The van der Waals surface area contributed by atoms with Crippen LogP contribution in [0.3, 0.4) is 0 Å². The van der Waals surface area contributed by atoms with Gasteiger partial charge in [-0.25, -0.2) is 4.79 Å². The van der Waals surface area contributed by atoms with E-state index in [9.17, 15) is 27.2 Å². The molecule has 0 unspecified atom stereocenters. The van der Waals surface area contributed by atoms with Crippen LogP contribution in [0, 0.1) is 0 Å².